The molecule has 2 aromatic heterocycles. The van der Waals surface area contributed by atoms with Gasteiger partial charge >= 0.3 is 5.63 Å². The van der Waals surface area contributed by atoms with Gasteiger partial charge in [0.2, 0.25) is 0 Å². The Balaban J connectivity index is 1.44. The van der Waals surface area contributed by atoms with Crippen molar-refractivity contribution in [2.45, 2.75) is 51.6 Å². The van der Waals surface area contributed by atoms with Gasteiger partial charge in [-0.3, -0.25) is 4.90 Å². The number of rotatable bonds is 5. The van der Waals surface area contributed by atoms with Crippen molar-refractivity contribution >= 4 is 22.3 Å². The molecule has 6 rings (SSSR count). The van der Waals surface area contributed by atoms with Crippen molar-refractivity contribution < 1.29 is 9.15 Å². The summed E-state index contributed by atoms with van der Waals surface area (Å²) in [6.45, 7) is 4.25. The number of ether oxygens (including phenoxy) is 1. The monoisotopic (exact) mass is 471 g/mol. The number of benzene rings is 2. The second kappa shape index (κ2) is 9.05. The molecule has 174 valence electrons. The van der Waals surface area contributed by atoms with Crippen molar-refractivity contribution in [1.29, 1.82) is 0 Å². The van der Waals surface area contributed by atoms with Gasteiger partial charge in [-0.05, 0) is 79.5 Å². The van der Waals surface area contributed by atoms with Crippen molar-refractivity contribution in [3.63, 3.8) is 0 Å². The molecule has 0 spiro atoms. The molecule has 4 aromatic rings. The molecule has 0 unspecified atom stereocenters. The van der Waals surface area contributed by atoms with E-state index in [0.717, 1.165) is 29.7 Å². The number of nitrogens with zero attached hydrogens (tertiary/aromatic N) is 1. The quantitative estimate of drug-likeness (QED) is 0.321. The average Bonchev–Trinajstić information content (AvgIpc) is 3.23. The van der Waals surface area contributed by atoms with Crippen molar-refractivity contribution in [2.24, 2.45) is 0 Å². The Hall–Kier alpha value is -2.89. The summed E-state index contributed by atoms with van der Waals surface area (Å²) in [5.41, 5.74) is 5.88. The van der Waals surface area contributed by atoms with Crippen LogP contribution < -0.4 is 10.4 Å². The lowest BCUT2D eigenvalue weighted by Crippen LogP contribution is -2.35. The normalized spacial score (nSPS) is 18.0. The third-order valence-corrected chi connectivity index (χ3v) is 8.56. The second-order valence-corrected chi connectivity index (χ2v) is 10.4. The van der Waals surface area contributed by atoms with Crippen LogP contribution in [-0.4, -0.2) is 18.1 Å². The van der Waals surface area contributed by atoms with Crippen molar-refractivity contribution in [3.8, 4) is 5.75 Å². The standard InChI is InChI=1S/C29H29NO3S/c1-2-32-21-12-13-25-24(17-21)20(16-27(31)33-25)18-30-15-14-23-22-10-6-7-11-26(22)34-29(23)28(30)19-8-4-3-5-9-19/h3-5,8-9,12-13,16-17,28H,2,6-7,10-11,14-15,18H2,1H3/t28-/m1/s1. The van der Waals surface area contributed by atoms with Crippen LogP contribution in [0, 0.1) is 0 Å². The molecule has 0 amide bonds. The topological polar surface area (TPSA) is 42.7 Å². The molecule has 0 saturated carbocycles. The maximum atomic E-state index is 12.4. The molecule has 1 aliphatic heterocycles. The van der Waals surface area contributed by atoms with Crippen LogP contribution in [0.3, 0.4) is 0 Å². The summed E-state index contributed by atoms with van der Waals surface area (Å²) in [7, 11) is 0. The fourth-order valence-corrected chi connectivity index (χ4v) is 7.28. The lowest BCUT2D eigenvalue weighted by Gasteiger charge is -2.36. The Labute approximate surface area is 203 Å². The smallest absolute Gasteiger partial charge is 0.336 e. The number of aryl methyl sites for hydroxylation is 1. The Morgan fingerprint density at radius 1 is 1.03 bits per heavy atom. The van der Waals surface area contributed by atoms with Gasteiger partial charge in [0, 0.05) is 34.3 Å². The molecular weight excluding hydrogens is 442 g/mol. The van der Waals surface area contributed by atoms with Gasteiger partial charge in [-0.25, -0.2) is 4.79 Å². The lowest BCUT2D eigenvalue weighted by molar-refractivity contribution is 0.208. The van der Waals surface area contributed by atoms with Crippen LogP contribution in [-0.2, 0) is 25.8 Å². The molecule has 4 nitrogen and oxygen atoms in total. The maximum Gasteiger partial charge on any atom is 0.336 e. The van der Waals surface area contributed by atoms with Gasteiger partial charge in [-0.2, -0.15) is 0 Å². The zero-order valence-corrected chi connectivity index (χ0v) is 20.3. The molecular formula is C29H29NO3S. The zero-order chi connectivity index (χ0) is 23.1. The molecule has 2 aliphatic rings. The molecule has 0 fully saturated rings. The average molecular weight is 472 g/mol. The highest BCUT2D eigenvalue weighted by Crippen LogP contribution is 2.45. The SMILES string of the molecule is CCOc1ccc2oc(=O)cc(CN3CCc4c(sc5c4CCCC5)[C@H]3c3ccccc3)c2c1. The predicted molar refractivity (Wildman–Crippen MR) is 137 cm³/mol. The molecule has 0 N–H and O–H groups in total. The minimum Gasteiger partial charge on any atom is -0.494 e. The van der Waals surface area contributed by atoms with Crippen molar-refractivity contribution in [1.82, 2.24) is 4.90 Å². The first-order valence-electron chi connectivity index (χ1n) is 12.3. The Bertz CT molecular complexity index is 1390. The summed E-state index contributed by atoms with van der Waals surface area (Å²) in [6, 6.07) is 18.4. The van der Waals surface area contributed by atoms with E-state index in [1.165, 1.54) is 36.1 Å². The minimum atomic E-state index is -0.299. The fourth-order valence-electron chi connectivity index (χ4n) is 5.68. The predicted octanol–water partition coefficient (Wildman–Crippen LogP) is 6.28. The van der Waals surface area contributed by atoms with E-state index in [4.69, 9.17) is 9.15 Å². The van der Waals surface area contributed by atoms with E-state index < -0.39 is 0 Å². The van der Waals surface area contributed by atoms with Crippen LogP contribution in [0.2, 0.25) is 0 Å². The maximum absolute atomic E-state index is 12.4. The molecule has 0 bridgehead atoms. The Morgan fingerprint density at radius 3 is 2.74 bits per heavy atom. The molecule has 1 atom stereocenters. The van der Waals surface area contributed by atoms with Crippen LogP contribution >= 0.6 is 11.3 Å². The largest absolute Gasteiger partial charge is 0.494 e. The molecule has 2 aromatic carbocycles. The lowest BCUT2D eigenvalue weighted by atomic mass is 9.88. The van der Waals surface area contributed by atoms with E-state index in [1.807, 2.05) is 36.5 Å². The first kappa shape index (κ1) is 21.6. The minimum absolute atomic E-state index is 0.206. The molecule has 1 aliphatic carbocycles. The number of hydrogen-bond donors (Lipinski definition) is 0. The van der Waals surface area contributed by atoms with Gasteiger partial charge in [0.1, 0.15) is 11.3 Å². The van der Waals surface area contributed by atoms with Crippen molar-refractivity contribution in [2.75, 3.05) is 13.2 Å². The molecule has 0 saturated heterocycles. The number of hydrogen-bond acceptors (Lipinski definition) is 5. The van der Waals surface area contributed by atoms with Gasteiger partial charge in [-0.1, -0.05) is 30.3 Å². The number of fused-ring (bicyclic) bond motifs is 4. The highest BCUT2D eigenvalue weighted by Gasteiger charge is 2.34. The van der Waals surface area contributed by atoms with Crippen LogP contribution in [0.25, 0.3) is 11.0 Å². The second-order valence-electron chi connectivity index (χ2n) is 9.27. The molecule has 0 radical (unpaired) electrons. The fraction of sp³-hybridized carbons (Fsp3) is 0.345. The highest BCUT2D eigenvalue weighted by molar-refractivity contribution is 7.12. The molecule has 3 heterocycles. The van der Waals surface area contributed by atoms with E-state index in [-0.39, 0.29) is 11.7 Å². The van der Waals surface area contributed by atoms with Crippen LogP contribution in [0.5, 0.6) is 5.75 Å². The summed E-state index contributed by atoms with van der Waals surface area (Å²) in [4.78, 5) is 18.1. The van der Waals surface area contributed by atoms with Gasteiger partial charge in [-0.15, -0.1) is 11.3 Å². The van der Waals surface area contributed by atoms with Gasteiger partial charge < -0.3 is 9.15 Å². The summed E-state index contributed by atoms with van der Waals surface area (Å²) < 4.78 is 11.3. The van der Waals surface area contributed by atoms with Crippen molar-refractivity contribution in [3.05, 3.63) is 97.0 Å². The highest BCUT2D eigenvalue weighted by atomic mass is 32.1. The van der Waals surface area contributed by atoms with E-state index in [2.05, 4.69) is 35.2 Å². The van der Waals surface area contributed by atoms with Gasteiger partial charge in [0.05, 0.1) is 12.6 Å². The van der Waals surface area contributed by atoms with E-state index >= 15 is 0 Å². The van der Waals surface area contributed by atoms with Crippen LogP contribution in [0.1, 0.15) is 57.8 Å². The summed E-state index contributed by atoms with van der Waals surface area (Å²) >= 11 is 2.03. The van der Waals surface area contributed by atoms with Crippen LogP contribution in [0.4, 0.5) is 0 Å². The third-order valence-electron chi connectivity index (χ3n) is 7.17. The van der Waals surface area contributed by atoms with Gasteiger partial charge in [0.15, 0.2) is 0 Å². The van der Waals surface area contributed by atoms with E-state index in [9.17, 15) is 4.79 Å². The van der Waals surface area contributed by atoms with E-state index in [0.29, 0.717) is 18.7 Å². The third kappa shape index (κ3) is 3.87. The van der Waals surface area contributed by atoms with E-state index in [1.54, 1.807) is 22.1 Å². The Kier molecular flexibility index (Phi) is 5.75. The Morgan fingerprint density at radius 2 is 1.88 bits per heavy atom. The molecule has 5 heteroatoms. The summed E-state index contributed by atoms with van der Waals surface area (Å²) in [5, 5.41) is 0.952. The zero-order valence-electron chi connectivity index (χ0n) is 19.5. The van der Waals surface area contributed by atoms with Gasteiger partial charge in [0.25, 0.3) is 0 Å². The summed E-state index contributed by atoms with van der Waals surface area (Å²) in [6.07, 6.45) is 6.14. The first-order chi connectivity index (χ1) is 16.7. The molecule has 34 heavy (non-hydrogen) atoms. The first-order valence-corrected chi connectivity index (χ1v) is 13.1. The number of thiophene rings is 1. The summed E-state index contributed by atoms with van der Waals surface area (Å²) in [5.74, 6) is 0.802. The van der Waals surface area contributed by atoms with Crippen LogP contribution in [0.15, 0.2) is 63.8 Å².